The van der Waals surface area contributed by atoms with E-state index in [1.54, 1.807) is 18.7 Å². The number of methoxy groups -OCH3 is 1. The normalized spacial score (nSPS) is 12.6. The molecule has 0 aliphatic carbocycles. The number of halogens is 2. The summed E-state index contributed by atoms with van der Waals surface area (Å²) in [5.41, 5.74) is 2.23. The lowest BCUT2D eigenvalue weighted by atomic mass is 10.1. The molecule has 0 fully saturated rings. The Morgan fingerprint density at radius 1 is 0.727 bits per heavy atom. The lowest BCUT2D eigenvalue weighted by molar-refractivity contribution is 0.420. The van der Waals surface area contributed by atoms with Gasteiger partial charge >= 0.3 is 0 Å². The fourth-order valence-corrected chi connectivity index (χ4v) is 6.39. The summed E-state index contributed by atoms with van der Waals surface area (Å²) in [5.74, 6) is 3.84. The zero-order valence-electron chi connectivity index (χ0n) is 17.9. The number of hydrogen-bond acceptors (Lipinski definition) is 2. The van der Waals surface area contributed by atoms with E-state index in [0.29, 0.717) is 15.8 Å². The number of rotatable bonds is 7. The fourth-order valence-electron chi connectivity index (χ4n) is 3.52. The van der Waals surface area contributed by atoms with Gasteiger partial charge < -0.3 is 9.82 Å². The fraction of sp³-hybridized carbons (Fsp3) is 0.0370. The van der Waals surface area contributed by atoms with Crippen LogP contribution in [0.5, 0.6) is 5.75 Å². The minimum atomic E-state index is -3.39. The van der Waals surface area contributed by atoms with Crippen molar-refractivity contribution in [2.45, 2.75) is 0 Å². The van der Waals surface area contributed by atoms with Gasteiger partial charge in [0.05, 0.1) is 17.2 Å². The largest absolute Gasteiger partial charge is 0.496 e. The van der Waals surface area contributed by atoms with Crippen LogP contribution in [0.15, 0.2) is 109 Å². The molecule has 3 nitrogen and oxygen atoms in total. The Bertz CT molecular complexity index is 1310. The molecular formula is C27H22Cl2NO2P. The van der Waals surface area contributed by atoms with Crippen molar-refractivity contribution in [3.63, 3.8) is 0 Å². The van der Waals surface area contributed by atoms with Crippen molar-refractivity contribution in [2.75, 3.05) is 12.2 Å². The van der Waals surface area contributed by atoms with Crippen LogP contribution in [0.25, 0.3) is 20.8 Å². The average Bonchev–Trinajstić information content (AvgIpc) is 2.85. The number of hydrogen-bond donors (Lipinski definition) is 1. The lowest BCUT2D eigenvalue weighted by Crippen LogP contribution is -1.96. The molecule has 0 heterocycles. The summed E-state index contributed by atoms with van der Waals surface area (Å²) >= 11 is 13.2. The van der Waals surface area contributed by atoms with Gasteiger partial charge in [-0.1, -0.05) is 108 Å². The molecule has 0 atom stereocenters. The predicted molar refractivity (Wildman–Crippen MR) is 142 cm³/mol. The van der Waals surface area contributed by atoms with Crippen LogP contribution < -0.4 is 9.82 Å². The van der Waals surface area contributed by atoms with E-state index in [1.807, 2.05) is 97.1 Å². The van der Waals surface area contributed by atoms with Gasteiger partial charge in [-0.05, 0) is 23.3 Å². The Labute approximate surface area is 203 Å². The van der Waals surface area contributed by atoms with Crippen LogP contribution in [0.4, 0.5) is 5.69 Å². The third-order valence-electron chi connectivity index (χ3n) is 5.11. The van der Waals surface area contributed by atoms with E-state index >= 15 is 0 Å². The first-order valence-electron chi connectivity index (χ1n) is 10.3. The highest BCUT2D eigenvalue weighted by atomic mass is 35.5. The van der Waals surface area contributed by atoms with Gasteiger partial charge in [0, 0.05) is 28.1 Å². The second-order valence-electron chi connectivity index (χ2n) is 7.37. The van der Waals surface area contributed by atoms with Crippen molar-refractivity contribution >= 4 is 57.0 Å². The van der Waals surface area contributed by atoms with Gasteiger partial charge in [0.1, 0.15) is 5.75 Å². The Balaban J connectivity index is 1.83. The van der Waals surface area contributed by atoms with Gasteiger partial charge in [-0.15, -0.1) is 0 Å². The van der Waals surface area contributed by atoms with E-state index in [4.69, 9.17) is 27.9 Å². The summed E-state index contributed by atoms with van der Waals surface area (Å²) in [7, 11) is -1.76. The zero-order chi connectivity index (χ0) is 23.3. The molecule has 1 N–H and O–H groups in total. The van der Waals surface area contributed by atoms with Gasteiger partial charge in [0.15, 0.2) is 0 Å². The van der Waals surface area contributed by atoms with Crippen molar-refractivity contribution in [3.8, 4) is 5.75 Å². The van der Waals surface area contributed by atoms with E-state index in [9.17, 15) is 4.57 Å². The summed E-state index contributed by atoms with van der Waals surface area (Å²) in [4.78, 5) is 0. The van der Waals surface area contributed by atoms with E-state index in [-0.39, 0.29) is 0 Å². The van der Waals surface area contributed by atoms with Gasteiger partial charge in [0.25, 0.3) is 0 Å². The highest BCUT2D eigenvalue weighted by molar-refractivity contribution is 7.72. The van der Waals surface area contributed by atoms with Gasteiger partial charge in [0.2, 0.25) is 7.29 Å². The molecule has 166 valence electrons. The van der Waals surface area contributed by atoms with Crippen molar-refractivity contribution in [1.82, 2.24) is 0 Å². The van der Waals surface area contributed by atoms with Crippen LogP contribution in [0, 0.1) is 0 Å². The molecule has 0 spiro atoms. The van der Waals surface area contributed by atoms with Crippen molar-refractivity contribution < 1.29 is 9.30 Å². The molecule has 0 bridgehead atoms. The zero-order valence-corrected chi connectivity index (χ0v) is 20.3. The van der Waals surface area contributed by atoms with Crippen molar-refractivity contribution in [2.24, 2.45) is 0 Å². The smallest absolute Gasteiger partial charge is 0.216 e. The molecule has 0 unspecified atom stereocenters. The first kappa shape index (κ1) is 23.2. The average molecular weight is 494 g/mol. The molecule has 4 rings (SSSR count). The topological polar surface area (TPSA) is 38.3 Å². The lowest BCUT2D eigenvalue weighted by Gasteiger charge is -2.18. The molecule has 0 radical (unpaired) electrons. The van der Waals surface area contributed by atoms with Crippen LogP contribution in [0.3, 0.4) is 0 Å². The van der Waals surface area contributed by atoms with Gasteiger partial charge in [-0.2, -0.15) is 0 Å². The highest BCUT2D eigenvalue weighted by Gasteiger charge is 2.21. The molecular weight excluding hydrogens is 472 g/mol. The van der Waals surface area contributed by atoms with Crippen LogP contribution in [-0.4, -0.2) is 7.11 Å². The van der Waals surface area contributed by atoms with Crippen LogP contribution >= 0.6 is 30.5 Å². The van der Waals surface area contributed by atoms with Gasteiger partial charge in [-0.25, -0.2) is 0 Å². The van der Waals surface area contributed by atoms with E-state index in [2.05, 4.69) is 5.09 Å². The third kappa shape index (κ3) is 5.51. The van der Waals surface area contributed by atoms with Crippen molar-refractivity contribution in [3.05, 3.63) is 120 Å². The second-order valence-corrected chi connectivity index (χ2v) is 10.3. The van der Waals surface area contributed by atoms with E-state index < -0.39 is 7.29 Å². The molecule has 0 aromatic heterocycles. The first-order chi connectivity index (χ1) is 16.0. The summed E-state index contributed by atoms with van der Waals surface area (Å²) in [6.07, 6.45) is 0. The summed E-state index contributed by atoms with van der Waals surface area (Å²) < 4.78 is 19.8. The van der Waals surface area contributed by atoms with Crippen LogP contribution in [-0.2, 0) is 4.57 Å². The molecule has 0 saturated carbocycles. The quantitative estimate of drug-likeness (QED) is 0.261. The standard InChI is InChI=1S/C27H22Cl2NO2P/c1-32-27-17-16-26(22-14-8-9-15-23(22)27)30-33(31,18-24(28)20-10-4-2-5-11-20)19-25(29)21-12-6-3-7-13-21/h2-19H,1H3,(H,30,31)/b24-18-,25-19-. The molecule has 33 heavy (non-hydrogen) atoms. The van der Waals surface area contributed by atoms with E-state index in [1.165, 1.54) is 0 Å². The van der Waals surface area contributed by atoms with Crippen LogP contribution in [0.1, 0.15) is 11.1 Å². The minimum absolute atomic E-state index is 0.373. The minimum Gasteiger partial charge on any atom is -0.496 e. The highest BCUT2D eigenvalue weighted by Crippen LogP contribution is 2.54. The molecule has 4 aromatic carbocycles. The molecule has 0 saturated heterocycles. The number of anilines is 1. The third-order valence-corrected chi connectivity index (χ3v) is 7.94. The Morgan fingerprint density at radius 2 is 1.21 bits per heavy atom. The maximum Gasteiger partial charge on any atom is 0.216 e. The molecule has 0 aliphatic heterocycles. The molecule has 6 heteroatoms. The van der Waals surface area contributed by atoms with Crippen molar-refractivity contribution in [1.29, 1.82) is 0 Å². The summed E-state index contributed by atoms with van der Waals surface area (Å²) in [5, 5.41) is 5.77. The first-order valence-corrected chi connectivity index (χ1v) is 12.9. The maximum atomic E-state index is 14.3. The number of ether oxygens (including phenoxy) is 1. The second kappa shape index (κ2) is 10.3. The van der Waals surface area contributed by atoms with Crippen LogP contribution in [0.2, 0.25) is 0 Å². The number of fused-ring (bicyclic) bond motifs is 1. The summed E-state index contributed by atoms with van der Waals surface area (Å²) in [6, 6.07) is 30.3. The summed E-state index contributed by atoms with van der Waals surface area (Å²) in [6.45, 7) is 0. The monoisotopic (exact) mass is 493 g/mol. The number of nitrogens with one attached hydrogen (secondary N) is 1. The Hall–Kier alpha value is -2.97. The Kier molecular flexibility index (Phi) is 7.25. The molecule has 0 amide bonds. The Morgan fingerprint density at radius 3 is 1.73 bits per heavy atom. The SMILES string of the molecule is COc1ccc(NP(=O)(/C=C(\Cl)c2ccccc2)/C=C(\Cl)c2ccccc2)c2ccccc12. The molecule has 0 aliphatic rings. The predicted octanol–water partition coefficient (Wildman–Crippen LogP) is 9.01. The maximum absolute atomic E-state index is 14.3. The van der Waals surface area contributed by atoms with Gasteiger partial charge in [-0.3, -0.25) is 4.57 Å². The molecule has 4 aromatic rings. The van der Waals surface area contributed by atoms with E-state index in [0.717, 1.165) is 27.6 Å². The number of benzene rings is 4.